The van der Waals surface area contributed by atoms with Crippen LogP contribution in [0.15, 0.2) is 170 Å². The average molecular weight is 685 g/mol. The molecule has 0 radical (unpaired) electrons. The van der Waals surface area contributed by atoms with Gasteiger partial charge < -0.3 is 4.74 Å². The molecule has 0 atom stereocenters. The molecule has 8 aromatic rings. The third-order valence-corrected chi connectivity index (χ3v) is 10.9. The minimum absolute atomic E-state index is 0.315. The highest BCUT2D eigenvalue weighted by Gasteiger charge is 2.38. The first-order valence-corrected chi connectivity index (χ1v) is 18.3. The van der Waals surface area contributed by atoms with Gasteiger partial charge in [0.15, 0.2) is 0 Å². The van der Waals surface area contributed by atoms with Crippen LogP contribution >= 0.6 is 0 Å². The van der Waals surface area contributed by atoms with E-state index in [0.717, 1.165) is 73.2 Å². The Morgan fingerprint density at radius 1 is 0.453 bits per heavy atom. The van der Waals surface area contributed by atoms with E-state index in [-0.39, 0.29) is 5.41 Å². The molecule has 9 rings (SSSR count). The van der Waals surface area contributed by atoms with Crippen molar-refractivity contribution in [2.45, 2.75) is 38.5 Å². The highest BCUT2D eigenvalue weighted by molar-refractivity contribution is 5.89. The van der Waals surface area contributed by atoms with Gasteiger partial charge in [-0.3, -0.25) is 9.97 Å². The van der Waals surface area contributed by atoms with Crippen molar-refractivity contribution >= 4 is 10.8 Å². The third-order valence-electron chi connectivity index (χ3n) is 10.9. The van der Waals surface area contributed by atoms with Crippen LogP contribution in [0.1, 0.15) is 50.2 Å². The number of benzene rings is 6. The van der Waals surface area contributed by atoms with E-state index in [2.05, 4.69) is 185 Å². The van der Waals surface area contributed by atoms with Gasteiger partial charge >= 0.3 is 0 Å². The monoisotopic (exact) mass is 684 g/mol. The van der Waals surface area contributed by atoms with Crippen molar-refractivity contribution in [1.82, 2.24) is 9.97 Å². The molecule has 53 heavy (non-hydrogen) atoms. The van der Waals surface area contributed by atoms with Crippen LogP contribution in [0.4, 0.5) is 0 Å². The molecular formula is C50H40N2O. The largest absolute Gasteiger partial charge is 0.455 e. The Kier molecular flexibility index (Phi) is 7.82. The summed E-state index contributed by atoms with van der Waals surface area (Å²) in [7, 11) is 0. The predicted octanol–water partition coefficient (Wildman–Crippen LogP) is 13.1. The van der Waals surface area contributed by atoms with Crippen LogP contribution in [0.2, 0.25) is 0 Å². The van der Waals surface area contributed by atoms with Crippen molar-refractivity contribution in [3.63, 3.8) is 0 Å². The molecule has 6 aromatic carbocycles. The average Bonchev–Trinajstić information content (AvgIpc) is 3.21. The van der Waals surface area contributed by atoms with Crippen molar-refractivity contribution in [3.05, 3.63) is 192 Å². The van der Waals surface area contributed by atoms with Crippen molar-refractivity contribution in [1.29, 1.82) is 0 Å². The fraction of sp³-hybridized carbons (Fsp3) is 0.120. The van der Waals surface area contributed by atoms with Crippen LogP contribution in [0.5, 0.6) is 11.5 Å². The van der Waals surface area contributed by atoms with Crippen molar-refractivity contribution in [2.24, 2.45) is 0 Å². The van der Waals surface area contributed by atoms with Crippen LogP contribution < -0.4 is 4.74 Å². The first kappa shape index (κ1) is 32.6. The predicted molar refractivity (Wildman–Crippen MR) is 218 cm³/mol. The fourth-order valence-electron chi connectivity index (χ4n) is 7.92. The molecule has 0 saturated carbocycles. The summed E-state index contributed by atoms with van der Waals surface area (Å²) in [4.78, 5) is 10.8. The van der Waals surface area contributed by atoms with Gasteiger partial charge in [-0.15, -0.1) is 0 Å². The van der Waals surface area contributed by atoms with Crippen LogP contribution in [-0.4, -0.2) is 9.97 Å². The number of aromatic nitrogens is 2. The minimum Gasteiger partial charge on any atom is -0.455 e. The summed E-state index contributed by atoms with van der Waals surface area (Å²) < 4.78 is 7.22. The van der Waals surface area contributed by atoms with Gasteiger partial charge in [-0.05, 0) is 54.4 Å². The molecule has 3 heterocycles. The normalized spacial score (nSPS) is 13.2. The van der Waals surface area contributed by atoms with Crippen LogP contribution in [-0.2, 0) is 10.8 Å². The van der Waals surface area contributed by atoms with Crippen LogP contribution in [0, 0.1) is 0 Å². The highest BCUT2D eigenvalue weighted by atomic mass is 16.5. The van der Waals surface area contributed by atoms with E-state index in [1.807, 2.05) is 12.1 Å². The fourth-order valence-corrected chi connectivity index (χ4v) is 7.92. The maximum Gasteiger partial charge on any atom is 0.139 e. The lowest BCUT2D eigenvalue weighted by atomic mass is 9.73. The number of ether oxygens (including phenoxy) is 1. The number of hydrogen-bond acceptors (Lipinski definition) is 3. The molecular weight excluding hydrogens is 645 g/mol. The van der Waals surface area contributed by atoms with Gasteiger partial charge in [-0.1, -0.05) is 159 Å². The topological polar surface area (TPSA) is 35.0 Å². The molecule has 0 unspecified atom stereocenters. The maximum absolute atomic E-state index is 7.22. The summed E-state index contributed by atoms with van der Waals surface area (Å²) in [6.07, 6.45) is 0. The zero-order valence-corrected chi connectivity index (χ0v) is 30.5. The second kappa shape index (κ2) is 12.7. The molecule has 3 nitrogen and oxygen atoms in total. The van der Waals surface area contributed by atoms with Gasteiger partial charge in [-0.25, -0.2) is 0 Å². The summed E-state index contributed by atoms with van der Waals surface area (Å²) in [5, 5.41) is 2.43. The Morgan fingerprint density at radius 3 is 1.74 bits per heavy atom. The third kappa shape index (κ3) is 5.61. The van der Waals surface area contributed by atoms with E-state index >= 15 is 0 Å². The molecule has 2 aromatic heterocycles. The Bertz CT molecular complexity index is 2640. The summed E-state index contributed by atoms with van der Waals surface area (Å²) in [6.45, 7) is 9.08. The lowest BCUT2D eigenvalue weighted by Crippen LogP contribution is -2.26. The Labute approximate surface area is 311 Å². The second-order valence-electron chi connectivity index (χ2n) is 15.0. The lowest BCUT2D eigenvalue weighted by Gasteiger charge is -2.37. The van der Waals surface area contributed by atoms with E-state index in [1.54, 1.807) is 0 Å². The number of hydrogen-bond donors (Lipinski definition) is 0. The minimum atomic E-state index is -0.564. The van der Waals surface area contributed by atoms with Gasteiger partial charge in [0, 0.05) is 49.8 Å². The molecule has 0 fully saturated rings. The van der Waals surface area contributed by atoms with E-state index < -0.39 is 5.41 Å². The van der Waals surface area contributed by atoms with E-state index in [1.165, 1.54) is 16.3 Å². The molecule has 0 amide bonds. The molecule has 0 N–H and O–H groups in total. The van der Waals surface area contributed by atoms with E-state index in [9.17, 15) is 0 Å². The molecule has 0 saturated heterocycles. The van der Waals surface area contributed by atoms with Crippen molar-refractivity contribution in [3.8, 4) is 56.3 Å². The molecule has 0 spiro atoms. The van der Waals surface area contributed by atoms with Gasteiger partial charge in [0.2, 0.25) is 0 Å². The second-order valence-corrected chi connectivity index (χ2v) is 15.0. The number of fused-ring (bicyclic) bond motifs is 3. The van der Waals surface area contributed by atoms with Crippen LogP contribution in [0.3, 0.4) is 0 Å². The maximum atomic E-state index is 7.22. The first-order valence-electron chi connectivity index (χ1n) is 18.3. The Balaban J connectivity index is 1.23. The standard InChI is InChI=1S/C50H40N2O/c1-49(2)41-24-13-22-38(37-29-28-33-16-11-12-21-36(33)32-37)46(41)53-47-39(23-14-25-42(47)49)40-30-31-44(35-19-9-6-10-20-35)52-48(40)50(3,4)45-27-15-26-43(51-45)34-17-7-5-8-18-34/h5-32H,1-4H3. The summed E-state index contributed by atoms with van der Waals surface area (Å²) in [5.74, 6) is 1.77. The number of para-hydroxylation sites is 2. The molecule has 1 aliphatic heterocycles. The molecule has 0 aliphatic carbocycles. The van der Waals surface area contributed by atoms with Gasteiger partial charge in [0.25, 0.3) is 0 Å². The summed E-state index contributed by atoms with van der Waals surface area (Å²) in [6, 6.07) is 59.8. The van der Waals surface area contributed by atoms with E-state index in [4.69, 9.17) is 14.7 Å². The zero-order chi connectivity index (χ0) is 36.2. The Hall–Kier alpha value is -6.32. The molecule has 1 aliphatic rings. The lowest BCUT2D eigenvalue weighted by molar-refractivity contribution is 0.421. The number of nitrogens with zero attached hydrogens (tertiary/aromatic N) is 2. The molecule has 0 bridgehead atoms. The van der Waals surface area contributed by atoms with Gasteiger partial charge in [0.05, 0.1) is 22.8 Å². The highest BCUT2D eigenvalue weighted by Crippen LogP contribution is 2.55. The summed E-state index contributed by atoms with van der Waals surface area (Å²) >= 11 is 0. The van der Waals surface area contributed by atoms with Gasteiger partial charge in [0.1, 0.15) is 11.5 Å². The zero-order valence-electron chi connectivity index (χ0n) is 30.5. The Morgan fingerprint density at radius 2 is 1.04 bits per heavy atom. The SMILES string of the molecule is CC1(C)c2cccc(-c3ccc4ccccc4c3)c2Oc2c(-c3ccc(-c4ccccc4)nc3C(C)(C)c3cccc(-c4ccccc4)n3)cccc21. The quantitative estimate of drug-likeness (QED) is 0.175. The smallest absolute Gasteiger partial charge is 0.139 e. The van der Waals surface area contributed by atoms with Crippen LogP contribution in [0.25, 0.3) is 55.5 Å². The number of pyridine rings is 2. The number of rotatable bonds is 6. The van der Waals surface area contributed by atoms with E-state index in [0.29, 0.717) is 0 Å². The molecule has 3 heteroatoms. The van der Waals surface area contributed by atoms with Gasteiger partial charge in [-0.2, -0.15) is 0 Å². The van der Waals surface area contributed by atoms with Crippen molar-refractivity contribution in [2.75, 3.05) is 0 Å². The molecule has 256 valence electrons. The summed E-state index contributed by atoms with van der Waals surface area (Å²) in [5.41, 5.74) is 11.6. The first-order chi connectivity index (χ1) is 25.8. The van der Waals surface area contributed by atoms with Crippen molar-refractivity contribution < 1.29 is 4.74 Å².